The average Bonchev–Trinajstić information content (AvgIpc) is 3.10. The second-order valence-corrected chi connectivity index (χ2v) is 8.43. The van der Waals surface area contributed by atoms with Crippen LogP contribution in [0.1, 0.15) is 29.6 Å². The highest BCUT2D eigenvalue weighted by Gasteiger charge is 2.27. The van der Waals surface area contributed by atoms with Crippen molar-refractivity contribution in [2.24, 2.45) is 0 Å². The summed E-state index contributed by atoms with van der Waals surface area (Å²) in [4.78, 5) is 35.5. The van der Waals surface area contributed by atoms with E-state index in [1.165, 1.54) is 30.1 Å². The van der Waals surface area contributed by atoms with Crippen molar-refractivity contribution in [3.63, 3.8) is 0 Å². The number of rotatable bonds is 5. The van der Waals surface area contributed by atoms with E-state index in [-0.39, 0.29) is 28.1 Å². The summed E-state index contributed by atoms with van der Waals surface area (Å²) in [5.41, 5.74) is 1.18. The molecule has 4 heterocycles. The minimum absolute atomic E-state index is 0. The number of amides is 1. The van der Waals surface area contributed by atoms with Gasteiger partial charge >= 0.3 is 0 Å². The van der Waals surface area contributed by atoms with E-state index in [4.69, 9.17) is 23.2 Å². The molecule has 7 nitrogen and oxygen atoms in total. The van der Waals surface area contributed by atoms with Crippen LogP contribution in [0.15, 0.2) is 36.9 Å². The normalized spacial score (nSPS) is 18.4. The zero-order valence-corrected chi connectivity index (χ0v) is 19.1. The van der Waals surface area contributed by atoms with Crippen molar-refractivity contribution in [2.45, 2.75) is 31.8 Å². The number of nitrogens with zero attached hydrogens (tertiary/aromatic N) is 3. The number of halogens is 3. The maximum atomic E-state index is 13.0. The number of likely N-dealkylation sites (tertiary alicyclic amines) is 1. The number of aromatic nitrogens is 3. The molecule has 1 fully saturated rings. The Bertz CT molecular complexity index is 1100. The van der Waals surface area contributed by atoms with Gasteiger partial charge in [-0.05, 0) is 25.0 Å². The van der Waals surface area contributed by atoms with Gasteiger partial charge in [-0.1, -0.05) is 23.2 Å². The molecule has 0 bridgehead atoms. The van der Waals surface area contributed by atoms with Gasteiger partial charge in [-0.25, -0.2) is 4.98 Å². The van der Waals surface area contributed by atoms with Crippen LogP contribution in [0.2, 0.25) is 10.0 Å². The van der Waals surface area contributed by atoms with E-state index in [1.54, 1.807) is 18.5 Å². The van der Waals surface area contributed by atoms with Crippen LogP contribution in [-0.2, 0) is 11.3 Å². The van der Waals surface area contributed by atoms with Crippen molar-refractivity contribution in [1.82, 2.24) is 14.5 Å². The lowest BCUT2D eigenvalue weighted by Crippen LogP contribution is -3.14. The van der Waals surface area contributed by atoms with E-state index in [9.17, 15) is 9.59 Å². The number of fused-ring (bicyclic) bond motifs is 1. The van der Waals surface area contributed by atoms with Gasteiger partial charge in [0.15, 0.2) is 0 Å². The SMILES string of the molecule is C[NH+]1CCCCC1Cn1cc(C(=O)C(=O)Nc2c(Cl)cncc2Cl)c2cccnc21.[Cl-]. The van der Waals surface area contributed by atoms with Gasteiger partial charge in [0.2, 0.25) is 0 Å². The highest BCUT2D eigenvalue weighted by molar-refractivity contribution is 6.50. The molecule has 10 heteroatoms. The number of ketones is 1. The minimum atomic E-state index is -0.812. The Morgan fingerprint density at radius 2 is 2.00 bits per heavy atom. The summed E-state index contributed by atoms with van der Waals surface area (Å²) in [5, 5.41) is 3.49. The van der Waals surface area contributed by atoms with Crippen molar-refractivity contribution >= 4 is 51.6 Å². The molecule has 0 radical (unpaired) electrons. The molecule has 2 N–H and O–H groups in total. The van der Waals surface area contributed by atoms with Gasteiger partial charge < -0.3 is 27.2 Å². The fourth-order valence-electron chi connectivity index (χ4n) is 4.00. The lowest BCUT2D eigenvalue weighted by molar-refractivity contribution is -0.912. The fraction of sp³-hybridized carbons (Fsp3) is 0.333. The summed E-state index contributed by atoms with van der Waals surface area (Å²) >= 11 is 12.1. The molecule has 2 unspecified atom stereocenters. The van der Waals surface area contributed by atoms with Crippen molar-refractivity contribution in [3.05, 3.63) is 52.5 Å². The maximum absolute atomic E-state index is 13.0. The number of likely N-dealkylation sites (N-methyl/N-ethyl adjacent to an activating group) is 1. The Morgan fingerprint density at radius 3 is 2.71 bits per heavy atom. The zero-order chi connectivity index (χ0) is 21.3. The number of carbonyl (C=O) groups excluding carboxylic acids is 2. The summed E-state index contributed by atoms with van der Waals surface area (Å²) in [6.07, 6.45) is 9.70. The summed E-state index contributed by atoms with van der Waals surface area (Å²) in [6.45, 7) is 1.88. The molecule has 31 heavy (non-hydrogen) atoms. The first-order chi connectivity index (χ1) is 14.5. The second-order valence-electron chi connectivity index (χ2n) is 7.62. The molecule has 164 valence electrons. The van der Waals surface area contributed by atoms with Crippen LogP contribution in [0.4, 0.5) is 5.69 Å². The molecule has 0 saturated carbocycles. The number of Topliss-reactive ketones (excluding diaryl/α,β-unsaturated/α-hetero) is 1. The van der Waals surface area contributed by atoms with Crippen LogP contribution in [0.25, 0.3) is 11.0 Å². The van der Waals surface area contributed by atoms with E-state index in [2.05, 4.69) is 22.3 Å². The van der Waals surface area contributed by atoms with Crippen LogP contribution in [-0.4, -0.2) is 45.9 Å². The summed E-state index contributed by atoms with van der Waals surface area (Å²) in [7, 11) is 2.20. The van der Waals surface area contributed by atoms with Crippen molar-refractivity contribution in [1.29, 1.82) is 0 Å². The van der Waals surface area contributed by atoms with Crippen LogP contribution in [0.3, 0.4) is 0 Å². The number of anilines is 1. The number of nitrogens with one attached hydrogen (secondary N) is 2. The minimum Gasteiger partial charge on any atom is -1.00 e. The monoisotopic (exact) mass is 481 g/mol. The molecule has 2 atom stereocenters. The average molecular weight is 483 g/mol. The number of hydrogen-bond acceptors (Lipinski definition) is 4. The first kappa shape index (κ1) is 23.5. The highest BCUT2D eigenvalue weighted by Crippen LogP contribution is 2.29. The predicted octanol–water partition coefficient (Wildman–Crippen LogP) is -0.369. The Kier molecular flexibility index (Phi) is 7.54. The van der Waals surface area contributed by atoms with Gasteiger partial charge in [-0.3, -0.25) is 14.6 Å². The molecule has 0 aromatic carbocycles. The summed E-state index contributed by atoms with van der Waals surface area (Å²) < 4.78 is 1.99. The van der Waals surface area contributed by atoms with Crippen LogP contribution < -0.4 is 22.6 Å². The van der Waals surface area contributed by atoms with Gasteiger partial charge in [0.05, 0.1) is 41.4 Å². The molecule has 1 amide bonds. The lowest BCUT2D eigenvalue weighted by atomic mass is 10.0. The zero-order valence-electron chi connectivity index (χ0n) is 16.9. The quantitative estimate of drug-likeness (QED) is 0.384. The third-order valence-corrected chi connectivity index (χ3v) is 6.24. The smallest absolute Gasteiger partial charge is 0.296 e. The van der Waals surface area contributed by atoms with Crippen molar-refractivity contribution in [2.75, 3.05) is 18.9 Å². The topological polar surface area (TPSA) is 81.3 Å². The van der Waals surface area contributed by atoms with E-state index >= 15 is 0 Å². The van der Waals surface area contributed by atoms with E-state index in [0.717, 1.165) is 19.5 Å². The third-order valence-electron chi connectivity index (χ3n) is 5.66. The van der Waals surface area contributed by atoms with Gasteiger partial charge in [0.1, 0.15) is 11.7 Å². The van der Waals surface area contributed by atoms with E-state index in [1.807, 2.05) is 10.6 Å². The number of pyridine rings is 2. The molecular formula is C21H22Cl3N5O2. The largest absolute Gasteiger partial charge is 1.00 e. The molecule has 1 aliphatic heterocycles. The molecule has 1 aliphatic rings. The Morgan fingerprint density at radius 1 is 1.26 bits per heavy atom. The molecule has 0 spiro atoms. The van der Waals surface area contributed by atoms with Crippen molar-refractivity contribution in [3.8, 4) is 0 Å². The Labute approximate surface area is 196 Å². The molecule has 3 aromatic heterocycles. The van der Waals surface area contributed by atoms with Gasteiger partial charge in [0, 0.05) is 36.6 Å². The first-order valence-corrected chi connectivity index (χ1v) is 10.6. The van der Waals surface area contributed by atoms with Crippen LogP contribution in [0, 0.1) is 0 Å². The maximum Gasteiger partial charge on any atom is 0.296 e. The first-order valence-electron chi connectivity index (χ1n) is 9.86. The van der Waals surface area contributed by atoms with Crippen LogP contribution in [0.5, 0.6) is 0 Å². The number of hydrogen-bond donors (Lipinski definition) is 2. The Balaban J connectivity index is 0.00000272. The fourth-order valence-corrected chi connectivity index (χ4v) is 4.45. The molecule has 0 aliphatic carbocycles. The standard InChI is InChI=1S/C21H21Cl2N5O2.ClH/c1-27-8-3-2-5-13(27)11-28-12-15(14-6-4-7-25-20(14)28)19(29)21(30)26-18-16(22)9-24-10-17(18)23;/h4,6-7,9-10,12-13H,2-3,5,8,11H2,1H3,(H,24,26,30);1H. The summed E-state index contributed by atoms with van der Waals surface area (Å²) in [5.74, 6) is -1.48. The lowest BCUT2D eigenvalue weighted by Gasteiger charge is -2.29. The number of piperidine rings is 1. The Hall–Kier alpha value is -2.19. The number of carbonyl (C=O) groups is 2. The molecule has 1 saturated heterocycles. The van der Waals surface area contributed by atoms with E-state index < -0.39 is 11.7 Å². The van der Waals surface area contributed by atoms with Gasteiger partial charge in [0.25, 0.3) is 11.7 Å². The van der Waals surface area contributed by atoms with Crippen LogP contribution >= 0.6 is 23.2 Å². The highest BCUT2D eigenvalue weighted by atomic mass is 35.5. The third kappa shape index (κ3) is 4.85. The van der Waals surface area contributed by atoms with Gasteiger partial charge in [-0.15, -0.1) is 0 Å². The predicted molar refractivity (Wildman–Crippen MR) is 116 cm³/mol. The second kappa shape index (κ2) is 9.96. The van der Waals surface area contributed by atoms with Gasteiger partial charge in [-0.2, -0.15) is 0 Å². The molecule has 3 aromatic rings. The molecular weight excluding hydrogens is 461 g/mol. The number of quaternary nitrogens is 1. The van der Waals surface area contributed by atoms with E-state index in [0.29, 0.717) is 22.6 Å². The molecule has 4 rings (SSSR count). The summed E-state index contributed by atoms with van der Waals surface area (Å²) in [6, 6.07) is 4.02. The van der Waals surface area contributed by atoms with Crippen molar-refractivity contribution < 1.29 is 26.9 Å².